The highest BCUT2D eigenvalue weighted by molar-refractivity contribution is 7.64. The highest BCUT2D eigenvalue weighted by atomic mass is 35.8. The van der Waals surface area contributed by atoms with Crippen LogP contribution >= 0.6 is 33.2 Å². The first-order valence-electron chi connectivity index (χ1n) is 3.03. The smallest absolute Gasteiger partial charge is 0.341 e. The van der Waals surface area contributed by atoms with Crippen molar-refractivity contribution in [2.45, 2.75) is 19.9 Å². The average Bonchev–Trinajstić information content (AvgIpc) is 1.87. The Morgan fingerprint density at radius 1 is 1.30 bits per heavy atom. The van der Waals surface area contributed by atoms with Crippen LogP contribution in [0.3, 0.4) is 0 Å². The Bertz CT molecular complexity index is 64.0. The van der Waals surface area contributed by atoms with Gasteiger partial charge >= 0.3 is 6.00 Å². The van der Waals surface area contributed by atoms with Gasteiger partial charge in [0.25, 0.3) is 0 Å². The molecule has 64 valence electrons. The molecule has 0 aliphatic rings. The van der Waals surface area contributed by atoms with Gasteiger partial charge in [0.2, 0.25) is 0 Å². The second kappa shape index (κ2) is 8.36. The van der Waals surface area contributed by atoms with Crippen LogP contribution in [0.1, 0.15) is 13.8 Å². The van der Waals surface area contributed by atoms with E-state index in [4.69, 9.17) is 33.2 Å². The van der Waals surface area contributed by atoms with Gasteiger partial charge in [-0.1, -0.05) is 6.92 Å². The lowest BCUT2D eigenvalue weighted by Gasteiger charge is -1.98. The third kappa shape index (κ3) is 22.8. The van der Waals surface area contributed by atoms with Gasteiger partial charge in [0.05, 0.1) is 0 Å². The SMILES string of the molecule is CCO[SiH3].CC[Si](Cl)(Cl)Cl. The highest BCUT2D eigenvalue weighted by Gasteiger charge is 2.20. The van der Waals surface area contributed by atoms with E-state index in [1.54, 1.807) is 0 Å². The third-order valence-electron chi connectivity index (χ3n) is 0.690. The summed E-state index contributed by atoms with van der Waals surface area (Å²) in [4.78, 5) is 0. The minimum Gasteiger partial charge on any atom is -0.428 e. The summed E-state index contributed by atoms with van der Waals surface area (Å²) in [7, 11) is 0.890. The van der Waals surface area contributed by atoms with Crippen molar-refractivity contribution in [2.24, 2.45) is 0 Å². The molecule has 0 saturated heterocycles. The molecule has 0 aromatic heterocycles. The van der Waals surface area contributed by atoms with Crippen molar-refractivity contribution in [3.05, 3.63) is 0 Å². The van der Waals surface area contributed by atoms with E-state index in [0.717, 1.165) is 17.1 Å². The Balaban J connectivity index is 0. The largest absolute Gasteiger partial charge is 0.428 e. The molecule has 0 aliphatic heterocycles. The topological polar surface area (TPSA) is 9.23 Å². The van der Waals surface area contributed by atoms with E-state index < -0.39 is 6.00 Å². The number of halogens is 3. The first-order valence-corrected chi connectivity index (χ1v) is 9.09. The van der Waals surface area contributed by atoms with Crippen molar-refractivity contribution >= 4 is 49.7 Å². The van der Waals surface area contributed by atoms with Crippen LogP contribution in [0.5, 0.6) is 0 Å². The van der Waals surface area contributed by atoms with E-state index in [1.807, 2.05) is 13.8 Å². The zero-order valence-electron chi connectivity index (χ0n) is 6.46. The minimum atomic E-state index is -2.21. The van der Waals surface area contributed by atoms with Gasteiger partial charge in [-0.25, -0.2) is 0 Å². The van der Waals surface area contributed by atoms with Crippen LogP contribution in [0.15, 0.2) is 0 Å². The lowest BCUT2D eigenvalue weighted by atomic mass is 10.9. The summed E-state index contributed by atoms with van der Waals surface area (Å²) in [6.07, 6.45) is 0. The zero-order chi connectivity index (χ0) is 8.62. The van der Waals surface area contributed by atoms with Crippen molar-refractivity contribution in [1.29, 1.82) is 0 Å². The van der Waals surface area contributed by atoms with Crippen molar-refractivity contribution in [3.63, 3.8) is 0 Å². The van der Waals surface area contributed by atoms with E-state index in [9.17, 15) is 0 Å². The van der Waals surface area contributed by atoms with Gasteiger partial charge in [0.15, 0.2) is 0 Å². The van der Waals surface area contributed by atoms with Crippen molar-refractivity contribution in [2.75, 3.05) is 6.61 Å². The molecule has 0 aromatic carbocycles. The number of hydrogen-bond donors (Lipinski definition) is 0. The summed E-state index contributed by atoms with van der Waals surface area (Å²) in [6, 6.07) is -1.51. The van der Waals surface area contributed by atoms with Crippen LogP contribution < -0.4 is 0 Å². The molecule has 0 N–H and O–H groups in total. The molecule has 0 unspecified atom stereocenters. The Hall–Kier alpha value is 1.26. The molecule has 6 heteroatoms. The maximum atomic E-state index is 5.39. The lowest BCUT2D eigenvalue weighted by Crippen LogP contribution is -2.04. The number of rotatable bonds is 2. The van der Waals surface area contributed by atoms with Crippen LogP contribution in [0.2, 0.25) is 6.04 Å². The molecule has 0 heterocycles. The van der Waals surface area contributed by atoms with Gasteiger partial charge in [-0.3, -0.25) is 0 Å². The summed E-state index contributed by atoms with van der Waals surface area (Å²) < 4.78 is 4.68. The zero-order valence-corrected chi connectivity index (χ0v) is 11.7. The van der Waals surface area contributed by atoms with Gasteiger partial charge < -0.3 is 4.43 Å². The molecule has 0 rings (SSSR count). The summed E-state index contributed by atoms with van der Waals surface area (Å²) >= 11 is 16.2. The maximum absolute atomic E-state index is 5.39. The molecule has 0 aliphatic carbocycles. The fourth-order valence-electron chi connectivity index (χ4n) is 0. The van der Waals surface area contributed by atoms with Crippen LogP contribution in [0.25, 0.3) is 0 Å². The summed E-state index contributed by atoms with van der Waals surface area (Å²) in [6.45, 7) is 4.75. The highest BCUT2D eigenvalue weighted by Crippen LogP contribution is 2.23. The Morgan fingerprint density at radius 3 is 1.50 bits per heavy atom. The molecule has 0 radical (unpaired) electrons. The molecular formula is C4H13Cl3OSi2. The third-order valence-corrected chi connectivity index (χ3v) is 4.47. The van der Waals surface area contributed by atoms with Crippen LogP contribution in [0.4, 0.5) is 0 Å². The summed E-state index contributed by atoms with van der Waals surface area (Å²) in [5.74, 6) is 0. The fourth-order valence-corrected chi connectivity index (χ4v) is 0. The average molecular weight is 240 g/mol. The molecule has 0 fully saturated rings. The molecule has 0 amide bonds. The summed E-state index contributed by atoms with van der Waals surface area (Å²) in [5.41, 5.74) is 0. The van der Waals surface area contributed by atoms with Crippen molar-refractivity contribution in [3.8, 4) is 0 Å². The Morgan fingerprint density at radius 2 is 1.50 bits per heavy atom. The normalized spacial score (nSPS) is 10.5. The first kappa shape index (κ1) is 13.8. The second-order valence-corrected chi connectivity index (χ2v) is 11.6. The van der Waals surface area contributed by atoms with Gasteiger partial charge in [-0.15, -0.1) is 33.2 Å². The van der Waals surface area contributed by atoms with Gasteiger partial charge in [0.1, 0.15) is 10.5 Å². The van der Waals surface area contributed by atoms with Crippen molar-refractivity contribution in [1.82, 2.24) is 0 Å². The predicted octanol–water partition coefficient (Wildman–Crippen LogP) is 1.96. The molecule has 0 spiro atoms. The first-order chi connectivity index (χ1) is 4.47. The molecule has 1 nitrogen and oxygen atoms in total. The van der Waals surface area contributed by atoms with E-state index in [-0.39, 0.29) is 0 Å². The maximum Gasteiger partial charge on any atom is 0.341 e. The molecule has 0 bridgehead atoms. The summed E-state index contributed by atoms with van der Waals surface area (Å²) in [5, 5.41) is 0. The Labute approximate surface area is 80.7 Å². The van der Waals surface area contributed by atoms with Crippen LogP contribution in [0, 0.1) is 0 Å². The van der Waals surface area contributed by atoms with Gasteiger partial charge in [-0.05, 0) is 13.0 Å². The predicted molar refractivity (Wildman–Crippen MR) is 55.4 cm³/mol. The second-order valence-electron chi connectivity index (χ2n) is 1.55. The Kier molecular flexibility index (Phi) is 11.6. The van der Waals surface area contributed by atoms with Crippen LogP contribution in [-0.2, 0) is 4.43 Å². The van der Waals surface area contributed by atoms with E-state index >= 15 is 0 Å². The minimum absolute atomic E-state index is 0.706. The monoisotopic (exact) mass is 238 g/mol. The molecular weight excluding hydrogens is 227 g/mol. The quantitative estimate of drug-likeness (QED) is 0.529. The van der Waals surface area contributed by atoms with Gasteiger partial charge in [0, 0.05) is 6.61 Å². The van der Waals surface area contributed by atoms with Crippen molar-refractivity contribution < 1.29 is 4.43 Å². The van der Waals surface area contributed by atoms with E-state index in [2.05, 4.69) is 4.43 Å². The van der Waals surface area contributed by atoms with E-state index in [0.29, 0.717) is 6.04 Å². The van der Waals surface area contributed by atoms with E-state index in [1.165, 1.54) is 0 Å². The molecule has 10 heavy (non-hydrogen) atoms. The lowest BCUT2D eigenvalue weighted by molar-refractivity contribution is 0.375. The molecule has 0 atom stereocenters. The standard InChI is InChI=1S/C2H5Cl3Si.C2H8OSi/c1-2-6(3,4)5;1-2-3-4/h2H2,1H3;2H2,1,4H3. The molecule has 0 saturated carbocycles. The van der Waals surface area contributed by atoms with Crippen LogP contribution in [-0.4, -0.2) is 23.1 Å². The molecule has 0 aromatic rings. The fraction of sp³-hybridized carbons (Fsp3) is 1.00. The van der Waals surface area contributed by atoms with Gasteiger partial charge in [-0.2, -0.15) is 0 Å². The number of hydrogen-bond acceptors (Lipinski definition) is 1.